The first-order valence-electron chi connectivity index (χ1n) is 11.1. The zero-order valence-corrected chi connectivity index (χ0v) is 20.0. The molecule has 3 aromatic rings. The van der Waals surface area contributed by atoms with Gasteiger partial charge in [-0.15, -0.1) is 0 Å². The molecule has 0 aromatic heterocycles. The molecule has 0 aliphatic heterocycles. The molecule has 0 spiro atoms. The van der Waals surface area contributed by atoms with Gasteiger partial charge in [0.25, 0.3) is 11.6 Å². The van der Waals surface area contributed by atoms with Crippen molar-refractivity contribution in [3.63, 3.8) is 0 Å². The normalized spacial score (nSPS) is 12.9. The zero-order valence-electron chi connectivity index (χ0n) is 20.0. The molecule has 9 nitrogen and oxygen atoms in total. The summed E-state index contributed by atoms with van der Waals surface area (Å²) in [6, 6.07) is 12.0. The quantitative estimate of drug-likeness (QED) is 0.250. The second-order valence-electron chi connectivity index (χ2n) is 8.66. The molecule has 3 aromatic carbocycles. The van der Waals surface area contributed by atoms with Crippen LogP contribution in [0.1, 0.15) is 65.8 Å². The summed E-state index contributed by atoms with van der Waals surface area (Å²) in [5.41, 5.74) is 1.41. The number of nitrogens with zero attached hydrogens (tertiary/aromatic N) is 1. The number of hydrogen-bond donors (Lipinski definition) is 1. The van der Waals surface area contributed by atoms with E-state index in [9.17, 15) is 29.3 Å². The van der Waals surface area contributed by atoms with Gasteiger partial charge in [0, 0.05) is 22.4 Å². The number of rotatable bonds is 5. The fourth-order valence-electron chi connectivity index (χ4n) is 4.40. The van der Waals surface area contributed by atoms with E-state index in [1.807, 2.05) is 32.9 Å². The van der Waals surface area contributed by atoms with E-state index < -0.39 is 51.3 Å². The Morgan fingerprint density at radius 1 is 0.917 bits per heavy atom. The van der Waals surface area contributed by atoms with Gasteiger partial charge in [0.1, 0.15) is 11.1 Å². The Labute approximate surface area is 206 Å². The predicted octanol–water partition coefficient (Wildman–Crippen LogP) is 4.48. The number of esters is 1. The molecule has 1 N–H and O–H groups in total. The van der Waals surface area contributed by atoms with Crippen molar-refractivity contribution in [3.8, 4) is 0 Å². The number of amides is 1. The number of carbonyl (C=O) groups excluding carboxylic acids is 4. The Morgan fingerprint density at radius 3 is 2.08 bits per heavy atom. The lowest BCUT2D eigenvalue weighted by atomic mass is 9.82. The van der Waals surface area contributed by atoms with Crippen molar-refractivity contribution in [1.82, 2.24) is 0 Å². The molecule has 0 saturated heterocycles. The first-order valence-corrected chi connectivity index (χ1v) is 11.1. The van der Waals surface area contributed by atoms with E-state index in [2.05, 4.69) is 5.32 Å². The second kappa shape index (κ2) is 9.18. The van der Waals surface area contributed by atoms with E-state index >= 15 is 0 Å². The maximum absolute atomic E-state index is 13.1. The molecule has 182 valence electrons. The fourth-order valence-corrected chi connectivity index (χ4v) is 4.40. The van der Waals surface area contributed by atoms with Gasteiger partial charge in [-0.2, -0.15) is 0 Å². The Hall–Kier alpha value is -4.66. The van der Waals surface area contributed by atoms with Gasteiger partial charge >= 0.3 is 5.97 Å². The third kappa shape index (κ3) is 4.15. The van der Waals surface area contributed by atoms with Crippen molar-refractivity contribution in [2.75, 3.05) is 5.32 Å². The molecule has 0 heterocycles. The van der Waals surface area contributed by atoms with Crippen LogP contribution in [0.4, 0.5) is 11.4 Å². The minimum atomic E-state index is -1.30. The number of carbonyl (C=O) groups is 4. The zero-order chi connectivity index (χ0) is 26.3. The lowest BCUT2D eigenvalue weighted by molar-refractivity contribution is -0.385. The average Bonchev–Trinajstić information content (AvgIpc) is 2.83. The largest absolute Gasteiger partial charge is 0.449 e. The van der Waals surface area contributed by atoms with Crippen molar-refractivity contribution in [1.29, 1.82) is 0 Å². The summed E-state index contributed by atoms with van der Waals surface area (Å²) in [5, 5.41) is 14.7. The SMILES string of the molecule is Cc1cc(C)c(NC(=O)C(C)OC(=O)c2ccc3c(c2[N+](=O)[O-])C(=O)c2ccccc2C3=O)c(C)c1. The number of ether oxygens (including phenoxy) is 1. The average molecular weight is 486 g/mol. The number of nitro groups is 1. The lowest BCUT2D eigenvalue weighted by Gasteiger charge is -2.19. The minimum absolute atomic E-state index is 0.0141. The molecule has 1 amide bonds. The second-order valence-corrected chi connectivity index (χ2v) is 8.66. The highest BCUT2D eigenvalue weighted by Gasteiger charge is 2.39. The highest BCUT2D eigenvalue weighted by Crippen LogP contribution is 2.36. The smallest absolute Gasteiger partial charge is 0.345 e. The van der Waals surface area contributed by atoms with Crippen molar-refractivity contribution < 1.29 is 28.8 Å². The maximum Gasteiger partial charge on any atom is 0.345 e. The van der Waals surface area contributed by atoms with Crippen LogP contribution in [-0.4, -0.2) is 34.5 Å². The van der Waals surface area contributed by atoms with Crippen LogP contribution < -0.4 is 5.32 Å². The highest BCUT2D eigenvalue weighted by atomic mass is 16.6. The van der Waals surface area contributed by atoms with Crippen molar-refractivity contribution in [2.24, 2.45) is 0 Å². The molecule has 1 unspecified atom stereocenters. The van der Waals surface area contributed by atoms with E-state index in [4.69, 9.17) is 4.74 Å². The summed E-state index contributed by atoms with van der Waals surface area (Å²) >= 11 is 0. The van der Waals surface area contributed by atoms with Gasteiger partial charge in [-0.05, 0) is 51.0 Å². The van der Waals surface area contributed by atoms with E-state index in [-0.39, 0.29) is 16.7 Å². The lowest BCUT2D eigenvalue weighted by Crippen LogP contribution is -2.31. The molecule has 4 rings (SSSR count). The van der Waals surface area contributed by atoms with E-state index in [0.717, 1.165) is 22.8 Å². The van der Waals surface area contributed by atoms with Gasteiger partial charge in [0.05, 0.1) is 4.92 Å². The number of anilines is 1. The summed E-state index contributed by atoms with van der Waals surface area (Å²) in [6.45, 7) is 6.93. The van der Waals surface area contributed by atoms with Crippen LogP contribution in [0, 0.1) is 30.9 Å². The molecular formula is C27H22N2O7. The molecule has 1 aliphatic rings. The van der Waals surface area contributed by atoms with Crippen LogP contribution in [0.3, 0.4) is 0 Å². The van der Waals surface area contributed by atoms with Gasteiger partial charge < -0.3 is 10.1 Å². The first-order chi connectivity index (χ1) is 17.0. The van der Waals surface area contributed by atoms with Gasteiger partial charge in [0.2, 0.25) is 5.78 Å². The summed E-state index contributed by atoms with van der Waals surface area (Å²) in [4.78, 5) is 62.7. The van der Waals surface area contributed by atoms with Gasteiger partial charge in [-0.3, -0.25) is 24.5 Å². The van der Waals surface area contributed by atoms with Crippen LogP contribution in [0.25, 0.3) is 0 Å². The number of ketones is 2. The third-order valence-corrected chi connectivity index (χ3v) is 6.05. The monoisotopic (exact) mass is 486 g/mol. The Bertz CT molecular complexity index is 1470. The van der Waals surface area contributed by atoms with E-state index in [0.29, 0.717) is 5.69 Å². The summed E-state index contributed by atoms with van der Waals surface area (Å²) in [5.74, 6) is -3.08. The van der Waals surface area contributed by atoms with Gasteiger partial charge in [-0.25, -0.2) is 4.79 Å². The number of benzene rings is 3. The Morgan fingerprint density at radius 2 is 1.50 bits per heavy atom. The number of fused-ring (bicyclic) bond motifs is 2. The predicted molar refractivity (Wildman–Crippen MR) is 131 cm³/mol. The molecule has 9 heteroatoms. The van der Waals surface area contributed by atoms with Crippen LogP contribution in [0.5, 0.6) is 0 Å². The minimum Gasteiger partial charge on any atom is -0.449 e. The number of hydrogen-bond acceptors (Lipinski definition) is 7. The Balaban J connectivity index is 1.65. The standard InChI is InChI=1S/C27H22N2O7/c1-13-11-14(2)22(15(3)12-13)28-26(32)16(4)36-27(33)20-10-9-19-21(23(20)29(34)35)25(31)18-8-6-5-7-17(18)24(19)30/h5-12,16H,1-4H3,(H,28,32). The van der Waals surface area contributed by atoms with Crippen LogP contribution >= 0.6 is 0 Å². The molecule has 0 saturated carbocycles. The van der Waals surface area contributed by atoms with E-state index in [1.54, 1.807) is 6.07 Å². The number of aryl methyl sites for hydroxylation is 3. The van der Waals surface area contributed by atoms with Crippen LogP contribution in [-0.2, 0) is 9.53 Å². The third-order valence-electron chi connectivity index (χ3n) is 6.05. The number of nitro benzene ring substituents is 1. The highest BCUT2D eigenvalue weighted by molar-refractivity contribution is 6.30. The van der Waals surface area contributed by atoms with Gasteiger partial charge in [0.15, 0.2) is 11.9 Å². The maximum atomic E-state index is 13.1. The molecule has 0 radical (unpaired) electrons. The first kappa shape index (κ1) is 24.5. The Kier molecular flexibility index (Phi) is 6.24. The topological polar surface area (TPSA) is 133 Å². The van der Waals surface area contributed by atoms with Crippen LogP contribution in [0.15, 0.2) is 48.5 Å². The fraction of sp³-hybridized carbons (Fsp3) is 0.185. The molecule has 1 aliphatic carbocycles. The van der Waals surface area contributed by atoms with Gasteiger partial charge in [-0.1, -0.05) is 42.0 Å². The summed E-state index contributed by atoms with van der Waals surface area (Å²) in [7, 11) is 0. The number of nitrogens with one attached hydrogen (secondary N) is 1. The van der Waals surface area contributed by atoms with Crippen molar-refractivity contribution >= 4 is 34.8 Å². The van der Waals surface area contributed by atoms with Crippen LogP contribution in [0.2, 0.25) is 0 Å². The molecule has 36 heavy (non-hydrogen) atoms. The van der Waals surface area contributed by atoms with Crippen molar-refractivity contribution in [3.05, 3.63) is 103 Å². The van der Waals surface area contributed by atoms with E-state index in [1.165, 1.54) is 31.2 Å². The summed E-state index contributed by atoms with van der Waals surface area (Å²) < 4.78 is 5.24. The summed E-state index contributed by atoms with van der Waals surface area (Å²) in [6.07, 6.45) is -1.30. The molecular weight excluding hydrogens is 464 g/mol. The van der Waals surface area contributed by atoms with Crippen molar-refractivity contribution in [2.45, 2.75) is 33.8 Å². The molecule has 1 atom stereocenters. The molecule has 0 bridgehead atoms. The molecule has 0 fully saturated rings.